The van der Waals surface area contributed by atoms with Gasteiger partial charge in [0, 0.05) is 6.54 Å². The Morgan fingerprint density at radius 2 is 2.42 bits per heavy atom. The van der Waals surface area contributed by atoms with Gasteiger partial charge in [-0.05, 0) is 51.6 Å². The van der Waals surface area contributed by atoms with E-state index in [1.807, 2.05) is 0 Å². The van der Waals surface area contributed by atoms with Crippen molar-refractivity contribution in [3.8, 4) is 0 Å². The number of carbonyl (C=O) groups is 1. The van der Waals surface area contributed by atoms with Crippen molar-refractivity contribution in [2.45, 2.75) is 38.7 Å². The Morgan fingerprint density at radius 3 is 3.05 bits per heavy atom. The number of halogens is 1. The van der Waals surface area contributed by atoms with E-state index in [0.29, 0.717) is 12.5 Å². The van der Waals surface area contributed by atoms with Crippen molar-refractivity contribution in [1.29, 1.82) is 0 Å². The van der Waals surface area contributed by atoms with Crippen molar-refractivity contribution in [3.63, 3.8) is 0 Å². The normalized spacial score (nSPS) is 20.2. The third-order valence-corrected chi connectivity index (χ3v) is 3.31. The molecule has 1 amide bonds. The van der Waals surface area contributed by atoms with E-state index in [-0.39, 0.29) is 24.4 Å². The molecule has 0 aromatic rings. The van der Waals surface area contributed by atoms with E-state index < -0.39 is 0 Å². The van der Waals surface area contributed by atoms with Gasteiger partial charge in [0.25, 0.3) is 0 Å². The van der Waals surface area contributed by atoms with Gasteiger partial charge in [-0.2, -0.15) is 0 Å². The summed E-state index contributed by atoms with van der Waals surface area (Å²) in [6.45, 7) is 8.94. The van der Waals surface area contributed by atoms with Crippen LogP contribution in [0.4, 0.5) is 0 Å². The van der Waals surface area contributed by atoms with Crippen LogP contribution < -0.4 is 10.6 Å². The molecule has 19 heavy (non-hydrogen) atoms. The molecule has 1 heterocycles. The molecule has 5 heteroatoms. The lowest BCUT2D eigenvalue weighted by atomic mass is 9.96. The monoisotopic (exact) mass is 290 g/mol. The second kappa shape index (κ2) is 11.3. The molecule has 0 saturated carbocycles. The van der Waals surface area contributed by atoms with Crippen LogP contribution in [0.1, 0.15) is 32.6 Å². The van der Waals surface area contributed by atoms with Gasteiger partial charge < -0.3 is 15.4 Å². The van der Waals surface area contributed by atoms with Crippen molar-refractivity contribution in [1.82, 2.24) is 10.6 Å². The summed E-state index contributed by atoms with van der Waals surface area (Å²) in [5.74, 6) is 0.693. The van der Waals surface area contributed by atoms with Gasteiger partial charge in [-0.3, -0.25) is 4.79 Å². The highest BCUT2D eigenvalue weighted by Gasteiger charge is 2.15. The molecule has 112 valence electrons. The Hall–Kier alpha value is -0.580. The number of hydrogen-bond acceptors (Lipinski definition) is 3. The van der Waals surface area contributed by atoms with Crippen LogP contribution in [-0.4, -0.2) is 38.3 Å². The molecule has 1 saturated heterocycles. The van der Waals surface area contributed by atoms with Crippen molar-refractivity contribution < 1.29 is 9.53 Å². The van der Waals surface area contributed by atoms with Gasteiger partial charge in [0.15, 0.2) is 0 Å². The van der Waals surface area contributed by atoms with Gasteiger partial charge in [0.1, 0.15) is 6.10 Å². The SMILES string of the molecule is C=CCCOC(C)C(=O)NCCC1CCCNC1.Cl. The van der Waals surface area contributed by atoms with Crippen LogP contribution in [0.25, 0.3) is 0 Å². The first-order valence-corrected chi connectivity index (χ1v) is 6.95. The molecule has 1 aliphatic heterocycles. The van der Waals surface area contributed by atoms with Crippen molar-refractivity contribution in [2.24, 2.45) is 5.92 Å². The predicted molar refractivity (Wildman–Crippen MR) is 80.7 cm³/mol. The highest BCUT2D eigenvalue weighted by atomic mass is 35.5. The van der Waals surface area contributed by atoms with E-state index in [1.54, 1.807) is 13.0 Å². The van der Waals surface area contributed by atoms with E-state index in [0.717, 1.165) is 32.5 Å². The topological polar surface area (TPSA) is 50.4 Å². The maximum Gasteiger partial charge on any atom is 0.248 e. The molecule has 0 bridgehead atoms. The standard InChI is InChI=1S/C14H26N2O2.ClH/c1-3-4-10-18-12(2)14(17)16-9-7-13-6-5-8-15-11-13;/h3,12-13,15H,1,4-11H2,2H3,(H,16,17);1H. The van der Waals surface area contributed by atoms with Gasteiger partial charge >= 0.3 is 0 Å². The Morgan fingerprint density at radius 1 is 1.63 bits per heavy atom. The number of piperidine rings is 1. The first kappa shape index (κ1) is 18.4. The molecule has 0 radical (unpaired) electrons. The van der Waals surface area contributed by atoms with Crippen LogP contribution in [0.3, 0.4) is 0 Å². The van der Waals surface area contributed by atoms with E-state index in [1.165, 1.54) is 12.8 Å². The molecule has 0 aromatic carbocycles. The van der Waals surface area contributed by atoms with Gasteiger partial charge in [-0.1, -0.05) is 6.08 Å². The summed E-state index contributed by atoms with van der Waals surface area (Å²) in [6.07, 6.45) is 5.78. The number of amides is 1. The quantitative estimate of drug-likeness (QED) is 0.530. The Balaban J connectivity index is 0.00000324. The summed E-state index contributed by atoms with van der Waals surface area (Å²) in [6, 6.07) is 0. The van der Waals surface area contributed by atoms with Crippen molar-refractivity contribution in [2.75, 3.05) is 26.2 Å². The van der Waals surface area contributed by atoms with Crippen LogP contribution in [0.15, 0.2) is 12.7 Å². The summed E-state index contributed by atoms with van der Waals surface area (Å²) in [5.41, 5.74) is 0. The molecule has 2 unspecified atom stereocenters. The van der Waals surface area contributed by atoms with Gasteiger partial charge in [0.05, 0.1) is 6.61 Å². The molecule has 4 nitrogen and oxygen atoms in total. The molecular formula is C14H27ClN2O2. The lowest BCUT2D eigenvalue weighted by Gasteiger charge is -2.23. The average Bonchev–Trinajstić information content (AvgIpc) is 2.40. The Kier molecular flexibility index (Phi) is 10.9. The first-order valence-electron chi connectivity index (χ1n) is 6.95. The minimum absolute atomic E-state index is 0. The number of carbonyl (C=O) groups excluding carboxylic acids is 1. The lowest BCUT2D eigenvalue weighted by molar-refractivity contribution is -0.131. The summed E-state index contributed by atoms with van der Waals surface area (Å²) in [7, 11) is 0. The molecule has 0 aliphatic carbocycles. The fourth-order valence-electron chi connectivity index (χ4n) is 2.12. The third kappa shape index (κ3) is 8.24. The smallest absolute Gasteiger partial charge is 0.248 e. The highest BCUT2D eigenvalue weighted by Crippen LogP contribution is 2.12. The molecule has 1 fully saturated rings. The molecule has 2 atom stereocenters. The average molecular weight is 291 g/mol. The van der Waals surface area contributed by atoms with Crippen LogP contribution in [0, 0.1) is 5.92 Å². The largest absolute Gasteiger partial charge is 0.368 e. The second-order valence-corrected chi connectivity index (χ2v) is 4.88. The Labute approximate surface area is 122 Å². The molecule has 0 spiro atoms. The van der Waals surface area contributed by atoms with Gasteiger partial charge in [0.2, 0.25) is 5.91 Å². The fraction of sp³-hybridized carbons (Fsp3) is 0.786. The summed E-state index contributed by atoms with van der Waals surface area (Å²) >= 11 is 0. The molecule has 1 rings (SSSR count). The van der Waals surface area contributed by atoms with Crippen molar-refractivity contribution in [3.05, 3.63) is 12.7 Å². The van der Waals surface area contributed by atoms with E-state index >= 15 is 0 Å². The van der Waals surface area contributed by atoms with Gasteiger partial charge in [-0.25, -0.2) is 0 Å². The molecule has 0 aromatic heterocycles. The van der Waals surface area contributed by atoms with Crippen LogP contribution in [-0.2, 0) is 9.53 Å². The molecule has 2 N–H and O–H groups in total. The predicted octanol–water partition coefficient (Wildman–Crippen LogP) is 1.90. The maximum absolute atomic E-state index is 11.7. The van der Waals surface area contributed by atoms with Crippen LogP contribution >= 0.6 is 12.4 Å². The zero-order valence-electron chi connectivity index (χ0n) is 11.8. The third-order valence-electron chi connectivity index (χ3n) is 3.31. The number of hydrogen-bond donors (Lipinski definition) is 2. The zero-order chi connectivity index (χ0) is 13.2. The molecular weight excluding hydrogens is 264 g/mol. The van der Waals surface area contributed by atoms with E-state index in [9.17, 15) is 4.79 Å². The minimum atomic E-state index is -0.366. The van der Waals surface area contributed by atoms with Gasteiger partial charge in [-0.15, -0.1) is 19.0 Å². The molecule has 1 aliphatic rings. The number of ether oxygens (including phenoxy) is 1. The zero-order valence-corrected chi connectivity index (χ0v) is 12.6. The number of rotatable bonds is 8. The maximum atomic E-state index is 11.7. The Bertz CT molecular complexity index is 256. The van der Waals surface area contributed by atoms with Crippen LogP contribution in [0.5, 0.6) is 0 Å². The summed E-state index contributed by atoms with van der Waals surface area (Å²) in [4.78, 5) is 11.7. The van der Waals surface area contributed by atoms with Crippen LogP contribution in [0.2, 0.25) is 0 Å². The summed E-state index contributed by atoms with van der Waals surface area (Å²) < 4.78 is 5.39. The minimum Gasteiger partial charge on any atom is -0.368 e. The highest BCUT2D eigenvalue weighted by molar-refractivity contribution is 5.85. The van der Waals surface area contributed by atoms with Crippen molar-refractivity contribution >= 4 is 18.3 Å². The van der Waals surface area contributed by atoms with E-state index in [4.69, 9.17) is 4.74 Å². The second-order valence-electron chi connectivity index (χ2n) is 4.88. The summed E-state index contributed by atoms with van der Waals surface area (Å²) in [5, 5.41) is 6.32. The first-order chi connectivity index (χ1) is 8.74. The fourth-order valence-corrected chi connectivity index (χ4v) is 2.12. The van der Waals surface area contributed by atoms with E-state index in [2.05, 4.69) is 17.2 Å². The number of nitrogens with one attached hydrogen (secondary N) is 2. The lowest BCUT2D eigenvalue weighted by Crippen LogP contribution is -2.37.